The van der Waals surface area contributed by atoms with Crippen molar-refractivity contribution in [2.45, 2.75) is 11.8 Å². The van der Waals surface area contributed by atoms with Crippen molar-refractivity contribution in [2.24, 2.45) is 0 Å². The van der Waals surface area contributed by atoms with Crippen LogP contribution in [0.5, 0.6) is 5.75 Å². The standard InChI is InChI=1S/C18H21BrN2O3S/c1-14-7-8-15(19)13-18(14)25(22,23)21-11-9-20(10-12-21)16-5-3-4-6-17(16)24-2/h3-8,13H,9-12H2,1-2H3. The van der Waals surface area contributed by atoms with E-state index in [1.807, 2.05) is 43.3 Å². The van der Waals surface area contributed by atoms with Gasteiger partial charge >= 0.3 is 0 Å². The SMILES string of the molecule is COc1ccccc1N1CCN(S(=O)(=O)c2cc(Br)ccc2C)CC1. The maximum absolute atomic E-state index is 13.0. The van der Waals surface area contributed by atoms with Gasteiger partial charge in [0.05, 0.1) is 17.7 Å². The van der Waals surface area contributed by atoms with E-state index in [2.05, 4.69) is 20.8 Å². The number of methoxy groups -OCH3 is 1. The van der Waals surface area contributed by atoms with Crippen molar-refractivity contribution in [1.82, 2.24) is 4.31 Å². The Morgan fingerprint density at radius 1 is 1.04 bits per heavy atom. The minimum Gasteiger partial charge on any atom is -0.495 e. The van der Waals surface area contributed by atoms with Gasteiger partial charge in [0.1, 0.15) is 5.75 Å². The van der Waals surface area contributed by atoms with Gasteiger partial charge in [-0.25, -0.2) is 8.42 Å². The second kappa shape index (κ2) is 7.35. The molecule has 0 N–H and O–H groups in total. The van der Waals surface area contributed by atoms with Crippen LogP contribution < -0.4 is 9.64 Å². The minimum absolute atomic E-state index is 0.368. The van der Waals surface area contributed by atoms with E-state index in [1.54, 1.807) is 17.5 Å². The molecule has 1 aliphatic rings. The van der Waals surface area contributed by atoms with Crippen molar-refractivity contribution >= 4 is 31.6 Å². The Morgan fingerprint density at radius 2 is 1.72 bits per heavy atom. The number of anilines is 1. The minimum atomic E-state index is -3.49. The zero-order valence-electron chi connectivity index (χ0n) is 14.3. The summed E-state index contributed by atoms with van der Waals surface area (Å²) >= 11 is 3.36. The van der Waals surface area contributed by atoms with Gasteiger partial charge in [-0.1, -0.05) is 34.1 Å². The lowest BCUT2D eigenvalue weighted by Crippen LogP contribution is -2.48. The largest absolute Gasteiger partial charge is 0.495 e. The molecule has 0 aromatic heterocycles. The van der Waals surface area contributed by atoms with Crippen LogP contribution in [0.3, 0.4) is 0 Å². The second-order valence-electron chi connectivity index (χ2n) is 5.97. The highest BCUT2D eigenvalue weighted by molar-refractivity contribution is 9.10. The van der Waals surface area contributed by atoms with Crippen molar-refractivity contribution in [3.8, 4) is 5.75 Å². The van der Waals surface area contributed by atoms with Crippen LogP contribution in [0.1, 0.15) is 5.56 Å². The first kappa shape index (κ1) is 18.2. The van der Waals surface area contributed by atoms with E-state index >= 15 is 0 Å². The summed E-state index contributed by atoms with van der Waals surface area (Å²) in [5, 5.41) is 0. The lowest BCUT2D eigenvalue weighted by atomic mass is 10.2. The van der Waals surface area contributed by atoms with Gasteiger partial charge in [0, 0.05) is 30.7 Å². The van der Waals surface area contributed by atoms with E-state index in [0.29, 0.717) is 31.1 Å². The zero-order valence-corrected chi connectivity index (χ0v) is 16.7. The van der Waals surface area contributed by atoms with Crippen LogP contribution in [0.4, 0.5) is 5.69 Å². The number of piperazine rings is 1. The zero-order chi connectivity index (χ0) is 18.0. The maximum atomic E-state index is 13.0. The number of sulfonamides is 1. The molecule has 0 unspecified atom stereocenters. The molecule has 0 spiro atoms. The van der Waals surface area contributed by atoms with Crippen molar-refractivity contribution < 1.29 is 13.2 Å². The normalized spacial score (nSPS) is 16.0. The summed E-state index contributed by atoms with van der Waals surface area (Å²) < 4.78 is 33.7. The van der Waals surface area contributed by atoms with Gasteiger partial charge in [0.2, 0.25) is 10.0 Å². The summed E-state index contributed by atoms with van der Waals surface area (Å²) in [5.74, 6) is 0.807. The van der Waals surface area contributed by atoms with E-state index in [1.165, 1.54) is 0 Å². The first-order chi connectivity index (χ1) is 11.9. The molecule has 1 heterocycles. The molecule has 1 fully saturated rings. The third-order valence-corrected chi connectivity index (χ3v) is 6.97. The van der Waals surface area contributed by atoms with Crippen molar-refractivity contribution in [2.75, 3.05) is 38.2 Å². The lowest BCUT2D eigenvalue weighted by molar-refractivity contribution is 0.378. The monoisotopic (exact) mass is 424 g/mol. The molecular weight excluding hydrogens is 404 g/mol. The molecule has 3 rings (SSSR count). The fourth-order valence-corrected chi connectivity index (χ4v) is 5.24. The van der Waals surface area contributed by atoms with Gasteiger partial charge in [0.15, 0.2) is 0 Å². The molecule has 0 amide bonds. The van der Waals surface area contributed by atoms with Crippen LogP contribution in [-0.4, -0.2) is 46.0 Å². The van der Waals surface area contributed by atoms with E-state index in [4.69, 9.17) is 4.74 Å². The predicted octanol–water partition coefficient (Wildman–Crippen LogP) is 3.28. The summed E-state index contributed by atoms with van der Waals surface area (Å²) in [4.78, 5) is 2.53. The van der Waals surface area contributed by atoms with Gasteiger partial charge in [-0.2, -0.15) is 4.31 Å². The van der Waals surface area contributed by atoms with E-state index in [9.17, 15) is 8.42 Å². The highest BCUT2D eigenvalue weighted by atomic mass is 79.9. The average Bonchev–Trinajstić information content (AvgIpc) is 2.63. The molecule has 7 heteroatoms. The molecule has 1 saturated heterocycles. The first-order valence-electron chi connectivity index (χ1n) is 8.08. The molecule has 0 atom stereocenters. The number of nitrogens with zero attached hydrogens (tertiary/aromatic N) is 2. The van der Waals surface area contributed by atoms with Crippen LogP contribution in [0.25, 0.3) is 0 Å². The number of para-hydroxylation sites is 2. The number of benzene rings is 2. The quantitative estimate of drug-likeness (QED) is 0.755. The van der Waals surface area contributed by atoms with Crippen molar-refractivity contribution in [3.05, 3.63) is 52.5 Å². The topological polar surface area (TPSA) is 49.9 Å². The van der Waals surface area contributed by atoms with Crippen LogP contribution in [0.15, 0.2) is 51.8 Å². The molecule has 0 radical (unpaired) electrons. The summed E-state index contributed by atoms with van der Waals surface area (Å²) in [6.45, 7) is 3.99. The summed E-state index contributed by atoms with van der Waals surface area (Å²) in [6, 6.07) is 13.2. The number of hydrogen-bond donors (Lipinski definition) is 0. The predicted molar refractivity (Wildman–Crippen MR) is 103 cm³/mol. The summed E-state index contributed by atoms with van der Waals surface area (Å²) in [7, 11) is -1.84. The Bertz CT molecular complexity index is 862. The molecule has 134 valence electrons. The third-order valence-electron chi connectivity index (χ3n) is 4.43. The molecule has 2 aromatic carbocycles. The van der Waals surface area contributed by atoms with E-state index in [0.717, 1.165) is 21.5 Å². The van der Waals surface area contributed by atoms with Crippen molar-refractivity contribution in [3.63, 3.8) is 0 Å². The second-order valence-corrected chi connectivity index (χ2v) is 8.79. The molecule has 1 aliphatic heterocycles. The molecule has 0 bridgehead atoms. The smallest absolute Gasteiger partial charge is 0.243 e. The molecule has 2 aromatic rings. The number of aryl methyl sites for hydroxylation is 1. The van der Waals surface area contributed by atoms with Crippen LogP contribution in [0, 0.1) is 6.92 Å². The first-order valence-corrected chi connectivity index (χ1v) is 10.3. The maximum Gasteiger partial charge on any atom is 0.243 e. The van der Waals surface area contributed by atoms with Gasteiger partial charge in [-0.15, -0.1) is 0 Å². The highest BCUT2D eigenvalue weighted by Crippen LogP contribution is 2.30. The molecule has 5 nitrogen and oxygen atoms in total. The van der Waals surface area contributed by atoms with E-state index in [-0.39, 0.29) is 0 Å². The fourth-order valence-electron chi connectivity index (χ4n) is 3.05. The number of ether oxygens (including phenoxy) is 1. The Hall–Kier alpha value is -1.57. The molecule has 0 saturated carbocycles. The van der Waals surface area contributed by atoms with Gasteiger partial charge in [-0.05, 0) is 36.8 Å². The van der Waals surface area contributed by atoms with Crippen LogP contribution in [-0.2, 0) is 10.0 Å². The van der Waals surface area contributed by atoms with E-state index < -0.39 is 10.0 Å². The number of rotatable bonds is 4. The van der Waals surface area contributed by atoms with Gasteiger partial charge in [-0.3, -0.25) is 0 Å². The summed E-state index contributed by atoms with van der Waals surface area (Å²) in [5.41, 5.74) is 1.76. The van der Waals surface area contributed by atoms with Gasteiger partial charge in [0.25, 0.3) is 0 Å². The lowest BCUT2D eigenvalue weighted by Gasteiger charge is -2.36. The van der Waals surface area contributed by atoms with Crippen LogP contribution in [0.2, 0.25) is 0 Å². The molecule has 0 aliphatic carbocycles. The van der Waals surface area contributed by atoms with Crippen LogP contribution >= 0.6 is 15.9 Å². The van der Waals surface area contributed by atoms with Gasteiger partial charge < -0.3 is 9.64 Å². The Morgan fingerprint density at radius 3 is 2.40 bits per heavy atom. The Labute approximate surface area is 157 Å². The highest BCUT2D eigenvalue weighted by Gasteiger charge is 2.30. The summed E-state index contributed by atoms with van der Waals surface area (Å²) in [6.07, 6.45) is 0. The van der Waals surface area contributed by atoms with Crippen molar-refractivity contribution in [1.29, 1.82) is 0 Å². The Kier molecular flexibility index (Phi) is 5.36. The fraction of sp³-hybridized carbons (Fsp3) is 0.333. The number of hydrogen-bond acceptors (Lipinski definition) is 4. The average molecular weight is 425 g/mol. The third kappa shape index (κ3) is 3.68. The number of halogens is 1. The molecular formula is C18H21BrN2O3S. The Balaban J connectivity index is 1.79. The molecule has 25 heavy (non-hydrogen) atoms.